The molecule has 1 saturated heterocycles. The molecule has 1 fully saturated rings. The molecule has 0 spiro atoms. The van der Waals surface area contributed by atoms with Crippen LogP contribution in [0.15, 0.2) is 24.3 Å². The average molecular weight is 353 g/mol. The zero-order chi connectivity index (χ0) is 15.5. The zero-order valence-electron chi connectivity index (χ0n) is 11.7. The van der Waals surface area contributed by atoms with Crippen molar-refractivity contribution in [2.75, 3.05) is 26.3 Å². The van der Waals surface area contributed by atoms with Crippen LogP contribution in [0.2, 0.25) is 0 Å². The lowest BCUT2D eigenvalue weighted by Gasteiger charge is -2.35. The fraction of sp³-hybridized carbons (Fsp3) is 0.500. The van der Waals surface area contributed by atoms with Crippen LogP contribution >= 0.6 is 34.8 Å². The Morgan fingerprint density at radius 1 is 1.24 bits per heavy atom. The quantitative estimate of drug-likeness (QED) is 0.806. The second-order valence-electron chi connectivity index (χ2n) is 5.08. The van der Waals surface area contributed by atoms with Crippen molar-refractivity contribution in [2.24, 2.45) is 0 Å². The summed E-state index contributed by atoms with van der Waals surface area (Å²) in [4.78, 5) is 13.3. The van der Waals surface area contributed by atoms with Gasteiger partial charge >= 0.3 is 0 Å². The summed E-state index contributed by atoms with van der Waals surface area (Å²) in [7, 11) is 0. The van der Waals surface area contributed by atoms with E-state index in [2.05, 4.69) is 5.32 Å². The SMILES string of the molecule is Cc1ccc(C(=O)N[C@H]([NH+]2CCOCC2)C(Cl)(Cl)Cl)cc1. The Labute approximate surface area is 139 Å². The Morgan fingerprint density at radius 2 is 1.81 bits per heavy atom. The number of hydrogen-bond donors (Lipinski definition) is 2. The van der Waals surface area contributed by atoms with E-state index < -0.39 is 9.96 Å². The van der Waals surface area contributed by atoms with E-state index in [4.69, 9.17) is 39.5 Å². The van der Waals surface area contributed by atoms with Crippen molar-refractivity contribution in [3.05, 3.63) is 35.4 Å². The Kier molecular flexibility index (Phi) is 5.74. The number of carbonyl (C=O) groups excluding carboxylic acids is 1. The third-order valence-corrected chi connectivity index (χ3v) is 4.11. The number of halogens is 3. The Morgan fingerprint density at radius 3 is 2.33 bits per heavy atom. The molecule has 1 aromatic rings. The first-order valence-corrected chi connectivity index (χ1v) is 7.88. The molecule has 1 aliphatic rings. The number of carbonyl (C=O) groups is 1. The van der Waals surface area contributed by atoms with E-state index in [-0.39, 0.29) is 5.91 Å². The summed E-state index contributed by atoms with van der Waals surface area (Å²) < 4.78 is 3.73. The van der Waals surface area contributed by atoms with Crippen LogP contribution in [0, 0.1) is 6.92 Å². The van der Waals surface area contributed by atoms with Gasteiger partial charge in [0.2, 0.25) is 6.17 Å². The molecule has 1 aromatic carbocycles. The molecule has 0 aliphatic carbocycles. The molecule has 0 aromatic heterocycles. The molecule has 0 saturated carbocycles. The monoisotopic (exact) mass is 351 g/mol. The van der Waals surface area contributed by atoms with Crippen molar-refractivity contribution in [3.63, 3.8) is 0 Å². The maximum Gasteiger partial charge on any atom is 0.262 e. The van der Waals surface area contributed by atoms with Crippen molar-refractivity contribution < 1.29 is 14.4 Å². The highest BCUT2D eigenvalue weighted by atomic mass is 35.6. The summed E-state index contributed by atoms with van der Waals surface area (Å²) in [6.07, 6.45) is -0.611. The molecule has 1 heterocycles. The normalized spacial score (nSPS) is 18.3. The molecule has 1 atom stereocenters. The molecular formula is C14H18Cl3N2O2+. The highest BCUT2D eigenvalue weighted by molar-refractivity contribution is 6.68. The number of rotatable bonds is 3. The predicted octanol–water partition coefficient (Wildman–Crippen LogP) is 1.34. The number of quaternary nitrogens is 1. The number of nitrogens with one attached hydrogen (secondary N) is 2. The van der Waals surface area contributed by atoms with Crippen LogP contribution < -0.4 is 10.2 Å². The number of ether oxygens (including phenoxy) is 1. The van der Waals surface area contributed by atoms with Crippen molar-refractivity contribution in [1.82, 2.24) is 5.32 Å². The van der Waals surface area contributed by atoms with Gasteiger partial charge in [0.15, 0.2) is 0 Å². The van der Waals surface area contributed by atoms with Crippen LogP contribution in [0.1, 0.15) is 15.9 Å². The molecule has 1 amide bonds. The molecule has 21 heavy (non-hydrogen) atoms. The van der Waals surface area contributed by atoms with Crippen molar-refractivity contribution >= 4 is 40.7 Å². The van der Waals surface area contributed by atoms with E-state index in [1.54, 1.807) is 12.1 Å². The summed E-state index contributed by atoms with van der Waals surface area (Å²) in [5, 5.41) is 2.84. The molecule has 4 nitrogen and oxygen atoms in total. The Balaban J connectivity index is 2.10. The minimum atomic E-state index is -1.58. The number of benzene rings is 1. The minimum Gasteiger partial charge on any atom is -0.370 e. The summed E-state index contributed by atoms with van der Waals surface area (Å²) in [5.41, 5.74) is 1.63. The summed E-state index contributed by atoms with van der Waals surface area (Å²) in [5.74, 6) is -0.245. The van der Waals surface area contributed by atoms with Crippen LogP contribution in [-0.4, -0.2) is 42.2 Å². The Hall–Kier alpha value is -0.520. The molecule has 2 rings (SSSR count). The van der Waals surface area contributed by atoms with E-state index in [0.29, 0.717) is 31.9 Å². The van der Waals surface area contributed by atoms with Gasteiger partial charge in [0.25, 0.3) is 9.70 Å². The lowest BCUT2D eigenvalue weighted by Crippen LogP contribution is -3.21. The van der Waals surface area contributed by atoms with Crippen LogP contribution in [-0.2, 0) is 4.74 Å². The fourth-order valence-electron chi connectivity index (χ4n) is 2.26. The molecule has 7 heteroatoms. The second-order valence-corrected chi connectivity index (χ2v) is 7.45. The molecule has 116 valence electrons. The van der Waals surface area contributed by atoms with Crippen LogP contribution in [0.3, 0.4) is 0 Å². The van der Waals surface area contributed by atoms with Crippen molar-refractivity contribution in [2.45, 2.75) is 16.9 Å². The summed E-state index contributed by atoms with van der Waals surface area (Å²) in [6.45, 7) is 4.52. The van der Waals surface area contributed by atoms with Crippen LogP contribution in [0.25, 0.3) is 0 Å². The van der Waals surface area contributed by atoms with Gasteiger partial charge in [0.1, 0.15) is 13.1 Å². The first-order chi connectivity index (χ1) is 9.88. The van der Waals surface area contributed by atoms with Gasteiger partial charge in [-0.05, 0) is 19.1 Å². The lowest BCUT2D eigenvalue weighted by molar-refractivity contribution is -0.934. The van der Waals surface area contributed by atoms with E-state index in [0.717, 1.165) is 10.5 Å². The maximum absolute atomic E-state index is 12.3. The number of morpholine rings is 1. The van der Waals surface area contributed by atoms with Gasteiger partial charge < -0.3 is 9.64 Å². The number of aryl methyl sites for hydroxylation is 1. The zero-order valence-corrected chi connectivity index (χ0v) is 13.9. The van der Waals surface area contributed by atoms with E-state index in [1.165, 1.54) is 0 Å². The minimum absolute atomic E-state index is 0.245. The molecule has 1 aliphatic heterocycles. The lowest BCUT2D eigenvalue weighted by atomic mass is 10.1. The third kappa shape index (κ3) is 4.73. The van der Waals surface area contributed by atoms with Crippen molar-refractivity contribution in [1.29, 1.82) is 0 Å². The molecule has 0 bridgehead atoms. The Bertz CT molecular complexity index is 482. The van der Waals surface area contributed by atoms with Gasteiger partial charge in [-0.15, -0.1) is 0 Å². The van der Waals surface area contributed by atoms with E-state index >= 15 is 0 Å². The van der Waals surface area contributed by atoms with Crippen LogP contribution in [0.4, 0.5) is 0 Å². The van der Waals surface area contributed by atoms with Gasteiger partial charge in [-0.25, -0.2) is 0 Å². The van der Waals surface area contributed by atoms with Crippen LogP contribution in [0.5, 0.6) is 0 Å². The topological polar surface area (TPSA) is 42.8 Å². The highest BCUT2D eigenvalue weighted by Crippen LogP contribution is 2.28. The van der Waals surface area contributed by atoms with Crippen molar-refractivity contribution in [3.8, 4) is 0 Å². The molecular weight excluding hydrogens is 335 g/mol. The maximum atomic E-state index is 12.3. The number of hydrogen-bond acceptors (Lipinski definition) is 2. The smallest absolute Gasteiger partial charge is 0.262 e. The first kappa shape index (κ1) is 16.8. The van der Waals surface area contributed by atoms with E-state index in [1.807, 2.05) is 19.1 Å². The largest absolute Gasteiger partial charge is 0.370 e. The van der Waals surface area contributed by atoms with Gasteiger partial charge in [0, 0.05) is 5.56 Å². The summed E-state index contributed by atoms with van der Waals surface area (Å²) >= 11 is 18.1. The van der Waals surface area contributed by atoms with Gasteiger partial charge in [-0.2, -0.15) is 0 Å². The molecule has 0 radical (unpaired) electrons. The highest BCUT2D eigenvalue weighted by Gasteiger charge is 2.42. The van der Waals surface area contributed by atoms with Gasteiger partial charge in [-0.3, -0.25) is 10.1 Å². The van der Waals surface area contributed by atoms with Gasteiger partial charge in [0.05, 0.1) is 13.2 Å². The average Bonchev–Trinajstić information content (AvgIpc) is 2.45. The summed E-state index contributed by atoms with van der Waals surface area (Å²) in [6, 6.07) is 7.27. The van der Waals surface area contributed by atoms with E-state index in [9.17, 15) is 4.79 Å². The molecule has 2 N–H and O–H groups in total. The first-order valence-electron chi connectivity index (χ1n) is 6.74. The molecule has 0 unspecified atom stereocenters. The standard InChI is InChI=1S/C14H17Cl3N2O2/c1-10-2-4-11(5-3-10)12(20)18-13(14(15,16)17)19-6-8-21-9-7-19/h2-5,13H,6-9H2,1H3,(H,18,20)/p+1/t13-/m1/s1. The predicted molar refractivity (Wildman–Crippen MR) is 84.2 cm³/mol. The fourth-order valence-corrected chi connectivity index (χ4v) is 2.88. The number of amides is 1. The van der Waals surface area contributed by atoms with Gasteiger partial charge in [-0.1, -0.05) is 52.5 Å². The second kappa shape index (κ2) is 7.16. The third-order valence-electron chi connectivity index (χ3n) is 3.46. The number of alkyl halides is 3.